The van der Waals surface area contributed by atoms with Crippen molar-refractivity contribution in [2.24, 2.45) is 0 Å². The largest absolute Gasteiger partial charge is 0.772 e. The molecule has 3 nitrogen and oxygen atoms in total. The van der Waals surface area contributed by atoms with Crippen LogP contribution < -0.4 is 0 Å². The number of halogens is 2. The molecule has 0 saturated heterocycles. The molecule has 0 aliphatic rings. The molecule has 6 heteroatoms. The summed E-state index contributed by atoms with van der Waals surface area (Å²) in [4.78, 5) is 4.36. The van der Waals surface area contributed by atoms with E-state index in [-0.39, 0.29) is 11.3 Å². The number of nitrogens with zero attached hydrogens (tertiary/aromatic N) is 1. The normalized spacial score (nSPS) is 12.1. The van der Waals surface area contributed by atoms with Gasteiger partial charge in [-0.15, -0.1) is 0 Å². The molecule has 1 unspecified atom stereocenters. The van der Waals surface area contributed by atoms with Crippen LogP contribution in [0.3, 0.4) is 0 Å². The first kappa shape index (κ1) is 16.8. The van der Waals surface area contributed by atoms with E-state index >= 15 is 0 Å². The Morgan fingerprint density at radius 3 is 2.46 bits per heavy atom. The maximum atomic E-state index is 14.2. The van der Waals surface area contributed by atoms with Crippen LogP contribution in [0.4, 0.5) is 4.39 Å². The van der Waals surface area contributed by atoms with Gasteiger partial charge in [0.05, 0.1) is 5.69 Å². The van der Waals surface area contributed by atoms with Crippen molar-refractivity contribution in [3.05, 3.63) is 77.2 Å². The number of aromatic nitrogens is 1. The minimum absolute atomic E-state index is 0.135. The quantitative estimate of drug-likeness (QED) is 0.639. The summed E-state index contributed by atoms with van der Waals surface area (Å²) in [5, 5.41) is 0.630. The van der Waals surface area contributed by atoms with E-state index in [0.29, 0.717) is 16.3 Å². The van der Waals surface area contributed by atoms with Crippen molar-refractivity contribution < 1.29 is 13.2 Å². The highest BCUT2D eigenvalue weighted by atomic mass is 35.5. The highest BCUT2D eigenvalue weighted by molar-refractivity contribution is 7.78. The van der Waals surface area contributed by atoms with Gasteiger partial charge in [0.1, 0.15) is 5.82 Å². The molecular weight excluding hydrogens is 349 g/mol. The molecule has 3 aromatic rings. The molecule has 0 bridgehead atoms. The molecule has 0 radical (unpaired) electrons. The smallest absolute Gasteiger partial charge is 0.127 e. The van der Waals surface area contributed by atoms with Crippen LogP contribution in [0.1, 0.15) is 5.56 Å². The Bertz CT molecular complexity index is 900. The van der Waals surface area contributed by atoms with E-state index in [4.69, 9.17) is 11.6 Å². The lowest BCUT2D eigenvalue weighted by Gasteiger charge is -2.11. The Morgan fingerprint density at radius 2 is 1.79 bits per heavy atom. The van der Waals surface area contributed by atoms with E-state index in [1.807, 2.05) is 18.2 Å². The molecule has 1 heterocycles. The summed E-state index contributed by atoms with van der Waals surface area (Å²) in [6.07, 6.45) is 1.63. The number of hydrogen-bond donors (Lipinski definition) is 0. The average molecular weight is 361 g/mol. The Morgan fingerprint density at radius 1 is 1.08 bits per heavy atom. The second kappa shape index (κ2) is 7.21. The van der Waals surface area contributed by atoms with E-state index in [9.17, 15) is 13.2 Å². The minimum Gasteiger partial charge on any atom is -0.772 e. The first-order chi connectivity index (χ1) is 11.5. The molecule has 0 saturated carbocycles. The molecule has 0 aliphatic carbocycles. The predicted molar refractivity (Wildman–Crippen MR) is 92.7 cm³/mol. The summed E-state index contributed by atoms with van der Waals surface area (Å²) in [5.74, 6) is -0.914. The van der Waals surface area contributed by atoms with Gasteiger partial charge in [-0.05, 0) is 35.4 Å². The van der Waals surface area contributed by atoms with Gasteiger partial charge in [-0.1, -0.05) is 53.0 Å². The molecule has 122 valence electrons. The molecule has 0 N–H and O–H groups in total. The molecule has 0 spiro atoms. The van der Waals surface area contributed by atoms with Crippen molar-refractivity contribution in [1.82, 2.24) is 4.98 Å². The van der Waals surface area contributed by atoms with Gasteiger partial charge < -0.3 is 4.55 Å². The van der Waals surface area contributed by atoms with Crippen molar-refractivity contribution in [2.45, 2.75) is 5.75 Å². The van der Waals surface area contributed by atoms with Crippen molar-refractivity contribution in [3.8, 4) is 22.4 Å². The molecule has 3 rings (SSSR count). The van der Waals surface area contributed by atoms with E-state index < -0.39 is 16.9 Å². The van der Waals surface area contributed by atoms with Crippen LogP contribution in [-0.4, -0.2) is 13.7 Å². The molecule has 0 fully saturated rings. The van der Waals surface area contributed by atoms with Crippen LogP contribution in [0.15, 0.2) is 60.8 Å². The lowest BCUT2D eigenvalue weighted by molar-refractivity contribution is 0.533. The van der Waals surface area contributed by atoms with Gasteiger partial charge in [-0.2, -0.15) is 0 Å². The van der Waals surface area contributed by atoms with Crippen molar-refractivity contribution in [3.63, 3.8) is 0 Å². The number of pyridine rings is 1. The molecule has 0 amide bonds. The molecule has 1 atom stereocenters. The van der Waals surface area contributed by atoms with Crippen LogP contribution >= 0.6 is 11.6 Å². The first-order valence-corrected chi connectivity index (χ1v) is 8.72. The summed E-state index contributed by atoms with van der Waals surface area (Å²) in [6.45, 7) is 0. The van der Waals surface area contributed by atoms with Crippen LogP contribution in [0.5, 0.6) is 0 Å². The standard InChI is InChI=1S/C18H13ClFNO2S/c19-15-7-5-12(6-8-15)16-2-1-9-21-18(16)13-3-4-14(11-24(22)23)17(20)10-13/h1-10H,11H2,(H,22,23)/p-1. The zero-order valence-electron chi connectivity index (χ0n) is 12.4. The minimum atomic E-state index is -2.33. The topological polar surface area (TPSA) is 53.0 Å². The number of rotatable bonds is 4. The second-order valence-electron chi connectivity index (χ2n) is 5.16. The zero-order chi connectivity index (χ0) is 17.1. The van der Waals surface area contributed by atoms with E-state index in [2.05, 4.69) is 4.98 Å². The Kier molecular flexibility index (Phi) is 5.04. The molecule has 24 heavy (non-hydrogen) atoms. The van der Waals surface area contributed by atoms with Crippen molar-refractivity contribution >= 4 is 22.7 Å². The van der Waals surface area contributed by atoms with Crippen molar-refractivity contribution in [2.75, 3.05) is 0 Å². The van der Waals surface area contributed by atoms with Gasteiger partial charge in [0.2, 0.25) is 0 Å². The third-order valence-corrected chi connectivity index (χ3v) is 4.36. The van der Waals surface area contributed by atoms with Crippen molar-refractivity contribution in [1.29, 1.82) is 0 Å². The van der Waals surface area contributed by atoms with Gasteiger partial charge >= 0.3 is 0 Å². The van der Waals surface area contributed by atoms with Crippen LogP contribution in [0.25, 0.3) is 22.4 Å². The fraction of sp³-hybridized carbons (Fsp3) is 0.0556. The van der Waals surface area contributed by atoms with Crippen LogP contribution in [0.2, 0.25) is 5.02 Å². The lowest BCUT2D eigenvalue weighted by Crippen LogP contribution is -1.98. The van der Waals surface area contributed by atoms with E-state index in [0.717, 1.165) is 11.1 Å². The monoisotopic (exact) mass is 360 g/mol. The van der Waals surface area contributed by atoms with Crippen LogP contribution in [0, 0.1) is 5.82 Å². The Hall–Kier alpha value is -2.08. The maximum Gasteiger partial charge on any atom is 0.127 e. The van der Waals surface area contributed by atoms with Gasteiger partial charge in [-0.3, -0.25) is 9.19 Å². The van der Waals surface area contributed by atoms with Gasteiger partial charge in [0, 0.05) is 28.1 Å². The fourth-order valence-corrected chi connectivity index (χ4v) is 3.05. The third kappa shape index (κ3) is 3.70. The third-order valence-electron chi connectivity index (χ3n) is 3.56. The highest BCUT2D eigenvalue weighted by Gasteiger charge is 2.11. The lowest BCUT2D eigenvalue weighted by atomic mass is 9.99. The van der Waals surface area contributed by atoms with Crippen LogP contribution in [-0.2, 0) is 16.8 Å². The molecular formula is C18H12ClFNO2S-. The zero-order valence-corrected chi connectivity index (χ0v) is 14.0. The van der Waals surface area contributed by atoms with E-state index in [1.54, 1.807) is 30.5 Å². The Labute approximate surface area is 146 Å². The summed E-state index contributed by atoms with van der Waals surface area (Å²) < 4.78 is 35.7. The summed E-state index contributed by atoms with van der Waals surface area (Å²) in [5.41, 5.74) is 3.09. The molecule has 1 aromatic heterocycles. The van der Waals surface area contributed by atoms with E-state index in [1.165, 1.54) is 12.1 Å². The Balaban J connectivity index is 2.06. The average Bonchev–Trinajstić information content (AvgIpc) is 2.57. The van der Waals surface area contributed by atoms with Gasteiger partial charge in [0.15, 0.2) is 0 Å². The molecule has 0 aliphatic heterocycles. The summed E-state index contributed by atoms with van der Waals surface area (Å²) >= 11 is 3.59. The number of benzene rings is 2. The highest BCUT2D eigenvalue weighted by Crippen LogP contribution is 2.31. The number of hydrogen-bond acceptors (Lipinski definition) is 3. The maximum absolute atomic E-state index is 14.2. The molecule has 2 aromatic carbocycles. The second-order valence-corrected chi connectivity index (χ2v) is 6.49. The predicted octanol–water partition coefficient (Wildman–Crippen LogP) is 4.59. The van der Waals surface area contributed by atoms with Gasteiger partial charge in [0.25, 0.3) is 0 Å². The fourth-order valence-electron chi connectivity index (χ4n) is 2.44. The summed E-state index contributed by atoms with van der Waals surface area (Å²) in [6, 6.07) is 15.4. The summed E-state index contributed by atoms with van der Waals surface area (Å²) in [7, 11) is 0. The SMILES string of the molecule is O=S([O-])Cc1ccc(-c2ncccc2-c2ccc(Cl)cc2)cc1F. The first-order valence-electron chi connectivity index (χ1n) is 7.10. The van der Waals surface area contributed by atoms with Gasteiger partial charge in [-0.25, -0.2) is 4.39 Å².